The molecular formula is C16H27NO4. The van der Waals surface area contributed by atoms with Gasteiger partial charge in [0.15, 0.2) is 0 Å². The van der Waals surface area contributed by atoms with E-state index in [0.717, 1.165) is 25.7 Å². The van der Waals surface area contributed by atoms with Gasteiger partial charge in [0.25, 0.3) is 0 Å². The summed E-state index contributed by atoms with van der Waals surface area (Å²) in [6, 6.07) is -0.0587. The zero-order valence-electron chi connectivity index (χ0n) is 13.0. The van der Waals surface area contributed by atoms with Crippen molar-refractivity contribution in [2.75, 3.05) is 0 Å². The van der Waals surface area contributed by atoms with E-state index < -0.39 is 17.5 Å². The lowest BCUT2D eigenvalue weighted by molar-refractivity contribution is -0.154. The Kier molecular flexibility index (Phi) is 4.61. The number of carbonyl (C=O) groups is 2. The van der Waals surface area contributed by atoms with Crippen molar-refractivity contribution >= 4 is 11.9 Å². The highest BCUT2D eigenvalue weighted by Crippen LogP contribution is 2.42. The summed E-state index contributed by atoms with van der Waals surface area (Å²) in [5.74, 6) is -1.03. The molecule has 2 fully saturated rings. The van der Waals surface area contributed by atoms with Gasteiger partial charge in [0, 0.05) is 17.9 Å². The minimum Gasteiger partial charge on any atom is -0.481 e. The van der Waals surface area contributed by atoms with Crippen LogP contribution < -0.4 is 5.32 Å². The molecule has 2 aliphatic carbocycles. The summed E-state index contributed by atoms with van der Waals surface area (Å²) < 4.78 is 0. The van der Waals surface area contributed by atoms with Crippen molar-refractivity contribution in [2.24, 2.45) is 10.8 Å². The minimum absolute atomic E-state index is 0.0587. The number of amides is 1. The van der Waals surface area contributed by atoms with Crippen molar-refractivity contribution in [1.82, 2.24) is 5.32 Å². The van der Waals surface area contributed by atoms with Gasteiger partial charge in [-0.25, -0.2) is 0 Å². The van der Waals surface area contributed by atoms with Gasteiger partial charge in [-0.3, -0.25) is 9.59 Å². The number of aliphatic hydroxyl groups is 1. The SMILES string of the molecule is CC1(C)C(O)CC1NC(=O)CC1(C(=O)O)CCCCCC1. The number of hydrogen-bond acceptors (Lipinski definition) is 3. The van der Waals surface area contributed by atoms with Crippen LogP contribution in [0.2, 0.25) is 0 Å². The predicted octanol–water partition coefficient (Wildman–Crippen LogP) is 2.08. The summed E-state index contributed by atoms with van der Waals surface area (Å²) in [6.07, 6.45) is 5.27. The van der Waals surface area contributed by atoms with Gasteiger partial charge in [-0.15, -0.1) is 0 Å². The average Bonchev–Trinajstić information content (AvgIpc) is 2.65. The first-order chi connectivity index (χ1) is 9.78. The maximum absolute atomic E-state index is 12.3. The Labute approximate surface area is 126 Å². The minimum atomic E-state index is -0.896. The summed E-state index contributed by atoms with van der Waals surface area (Å²) in [5, 5.41) is 22.2. The molecule has 5 nitrogen and oxygen atoms in total. The van der Waals surface area contributed by atoms with Crippen LogP contribution in [0.4, 0.5) is 0 Å². The quantitative estimate of drug-likeness (QED) is 0.693. The molecule has 0 saturated heterocycles. The van der Waals surface area contributed by atoms with Crippen LogP contribution in [0, 0.1) is 10.8 Å². The van der Waals surface area contributed by atoms with E-state index in [-0.39, 0.29) is 23.8 Å². The van der Waals surface area contributed by atoms with Crippen molar-refractivity contribution < 1.29 is 19.8 Å². The van der Waals surface area contributed by atoms with Crippen LogP contribution >= 0.6 is 0 Å². The molecule has 5 heteroatoms. The Morgan fingerprint density at radius 1 is 1.14 bits per heavy atom. The number of aliphatic hydroxyl groups excluding tert-OH is 1. The average molecular weight is 297 g/mol. The molecule has 0 radical (unpaired) electrons. The number of nitrogens with one attached hydrogen (secondary N) is 1. The Morgan fingerprint density at radius 2 is 1.71 bits per heavy atom. The summed E-state index contributed by atoms with van der Waals surface area (Å²) >= 11 is 0. The van der Waals surface area contributed by atoms with Crippen LogP contribution in [-0.4, -0.2) is 34.2 Å². The fourth-order valence-electron chi connectivity index (χ4n) is 3.57. The second kappa shape index (κ2) is 5.95. The van der Waals surface area contributed by atoms with Crippen LogP contribution in [0.3, 0.4) is 0 Å². The highest BCUT2D eigenvalue weighted by atomic mass is 16.4. The highest BCUT2D eigenvalue weighted by molar-refractivity contribution is 5.85. The van der Waals surface area contributed by atoms with Crippen LogP contribution in [0.5, 0.6) is 0 Å². The second-order valence-electron chi connectivity index (χ2n) is 7.37. The van der Waals surface area contributed by atoms with Crippen LogP contribution in [0.1, 0.15) is 65.2 Å². The Hall–Kier alpha value is -1.10. The first-order valence-electron chi connectivity index (χ1n) is 7.99. The van der Waals surface area contributed by atoms with Crippen LogP contribution in [0.25, 0.3) is 0 Å². The molecule has 2 aliphatic rings. The molecule has 3 N–H and O–H groups in total. The lowest BCUT2D eigenvalue weighted by Crippen LogP contribution is -2.61. The summed E-state index contributed by atoms with van der Waals surface area (Å²) in [5.41, 5.74) is -1.22. The van der Waals surface area contributed by atoms with E-state index in [1.165, 1.54) is 0 Å². The van der Waals surface area contributed by atoms with Gasteiger partial charge in [-0.05, 0) is 19.3 Å². The fraction of sp³-hybridized carbons (Fsp3) is 0.875. The van der Waals surface area contributed by atoms with Crippen molar-refractivity contribution in [3.05, 3.63) is 0 Å². The van der Waals surface area contributed by atoms with Crippen LogP contribution in [0.15, 0.2) is 0 Å². The van der Waals surface area contributed by atoms with Crippen molar-refractivity contribution in [3.8, 4) is 0 Å². The third kappa shape index (κ3) is 3.23. The zero-order valence-corrected chi connectivity index (χ0v) is 13.0. The van der Waals surface area contributed by atoms with Gasteiger partial charge < -0.3 is 15.5 Å². The van der Waals surface area contributed by atoms with E-state index in [2.05, 4.69) is 5.32 Å². The van der Waals surface area contributed by atoms with Crippen molar-refractivity contribution in [2.45, 2.75) is 77.4 Å². The van der Waals surface area contributed by atoms with Gasteiger partial charge in [0.2, 0.25) is 5.91 Å². The Morgan fingerprint density at radius 3 is 2.14 bits per heavy atom. The molecule has 2 atom stereocenters. The summed E-state index contributed by atoms with van der Waals surface area (Å²) in [7, 11) is 0. The van der Waals surface area contributed by atoms with Gasteiger partial charge in [0.05, 0.1) is 11.5 Å². The summed E-state index contributed by atoms with van der Waals surface area (Å²) in [6.45, 7) is 3.84. The molecule has 0 spiro atoms. The van der Waals surface area contributed by atoms with E-state index in [1.807, 2.05) is 13.8 Å². The molecule has 2 unspecified atom stereocenters. The normalized spacial score (nSPS) is 30.8. The molecule has 0 aliphatic heterocycles. The van der Waals surface area contributed by atoms with E-state index in [4.69, 9.17) is 0 Å². The predicted molar refractivity (Wildman–Crippen MR) is 78.7 cm³/mol. The largest absolute Gasteiger partial charge is 0.481 e. The van der Waals surface area contributed by atoms with Gasteiger partial charge in [-0.2, -0.15) is 0 Å². The zero-order chi connectivity index (χ0) is 15.7. The highest BCUT2D eigenvalue weighted by Gasteiger charge is 2.49. The second-order valence-corrected chi connectivity index (χ2v) is 7.37. The van der Waals surface area contributed by atoms with E-state index >= 15 is 0 Å². The van der Waals surface area contributed by atoms with Crippen LogP contribution in [-0.2, 0) is 9.59 Å². The number of aliphatic carboxylic acids is 1. The van der Waals surface area contributed by atoms with E-state index in [9.17, 15) is 19.8 Å². The summed E-state index contributed by atoms with van der Waals surface area (Å²) in [4.78, 5) is 24.0. The molecule has 0 aromatic rings. The van der Waals surface area contributed by atoms with Crippen molar-refractivity contribution in [1.29, 1.82) is 0 Å². The maximum Gasteiger partial charge on any atom is 0.310 e. The maximum atomic E-state index is 12.3. The number of hydrogen-bond donors (Lipinski definition) is 3. The van der Waals surface area contributed by atoms with Crippen molar-refractivity contribution in [3.63, 3.8) is 0 Å². The molecule has 0 bridgehead atoms. The molecule has 1 amide bonds. The lowest BCUT2D eigenvalue weighted by atomic mass is 9.64. The van der Waals surface area contributed by atoms with E-state index in [0.29, 0.717) is 19.3 Å². The van der Waals surface area contributed by atoms with Gasteiger partial charge >= 0.3 is 5.97 Å². The van der Waals surface area contributed by atoms with E-state index in [1.54, 1.807) is 0 Å². The Balaban J connectivity index is 1.97. The monoisotopic (exact) mass is 297 g/mol. The third-order valence-electron chi connectivity index (χ3n) is 5.56. The smallest absolute Gasteiger partial charge is 0.310 e. The molecule has 2 rings (SSSR count). The number of carbonyl (C=O) groups excluding carboxylic acids is 1. The number of carboxylic acids is 1. The fourth-order valence-corrected chi connectivity index (χ4v) is 3.57. The Bertz CT molecular complexity index is 411. The standard InChI is InChI=1S/C16H27NO4/c1-15(2)11(9-12(15)18)17-13(19)10-16(14(20)21)7-5-3-4-6-8-16/h11-12,18H,3-10H2,1-2H3,(H,17,19)(H,20,21). The topological polar surface area (TPSA) is 86.6 Å². The molecule has 0 heterocycles. The number of carboxylic acid groups (broad SMARTS) is 1. The molecule has 120 valence electrons. The lowest BCUT2D eigenvalue weighted by Gasteiger charge is -2.49. The first-order valence-corrected chi connectivity index (χ1v) is 7.99. The molecule has 21 heavy (non-hydrogen) atoms. The molecule has 0 aromatic heterocycles. The molecule has 0 aromatic carbocycles. The van der Waals surface area contributed by atoms with Gasteiger partial charge in [-0.1, -0.05) is 39.5 Å². The first kappa shape index (κ1) is 16.3. The van der Waals surface area contributed by atoms with Gasteiger partial charge in [0.1, 0.15) is 0 Å². The number of rotatable bonds is 4. The molecular weight excluding hydrogens is 270 g/mol. The molecule has 2 saturated carbocycles. The third-order valence-corrected chi connectivity index (χ3v) is 5.56.